The highest BCUT2D eigenvalue weighted by molar-refractivity contribution is 5.26. The van der Waals surface area contributed by atoms with Gasteiger partial charge in [-0.25, -0.2) is 8.78 Å². The maximum absolute atomic E-state index is 13.3. The molecule has 0 radical (unpaired) electrons. The minimum Gasteiger partial charge on any atom is -0.393 e. The molecule has 0 aliphatic rings. The highest BCUT2D eigenvalue weighted by Crippen LogP contribution is 2.27. The largest absolute Gasteiger partial charge is 0.393 e. The Morgan fingerprint density at radius 3 is 2.40 bits per heavy atom. The summed E-state index contributed by atoms with van der Waals surface area (Å²) in [6.07, 6.45) is -1.37. The van der Waals surface area contributed by atoms with Gasteiger partial charge in [-0.15, -0.1) is 0 Å². The monoisotopic (exact) mass is 218 g/mol. The molecule has 0 saturated carbocycles. The van der Waals surface area contributed by atoms with Gasteiger partial charge in [0.15, 0.2) is 0 Å². The van der Waals surface area contributed by atoms with Gasteiger partial charge in [0.25, 0.3) is 0 Å². The van der Waals surface area contributed by atoms with E-state index in [4.69, 9.17) is 5.11 Å². The predicted octanol–water partition coefficient (Wildman–Crippen LogP) is 0.526. The highest BCUT2D eigenvalue weighted by atomic mass is 19.1. The van der Waals surface area contributed by atoms with E-state index >= 15 is 0 Å². The molecule has 3 nitrogen and oxygen atoms in total. The highest BCUT2D eigenvalue weighted by Gasteiger charge is 2.36. The van der Waals surface area contributed by atoms with Gasteiger partial charge in [-0.2, -0.15) is 0 Å². The number of hydrogen-bond donors (Lipinski definition) is 3. The first-order chi connectivity index (χ1) is 6.91. The first-order valence-corrected chi connectivity index (χ1v) is 4.38. The number of aliphatic hydroxyl groups excluding tert-OH is 2. The molecule has 0 saturated heterocycles. The third kappa shape index (κ3) is 2.14. The Bertz CT molecular complexity index is 355. The van der Waals surface area contributed by atoms with E-state index in [1.807, 2.05) is 0 Å². The fraction of sp³-hybridized carbons (Fsp3) is 0.400. The second-order valence-corrected chi connectivity index (χ2v) is 3.38. The fourth-order valence-corrected chi connectivity index (χ4v) is 1.28. The van der Waals surface area contributed by atoms with Gasteiger partial charge in [0, 0.05) is 11.6 Å². The molecular weight excluding hydrogens is 206 g/mol. The lowest BCUT2D eigenvalue weighted by molar-refractivity contribution is -0.105. The van der Waals surface area contributed by atoms with E-state index < -0.39 is 29.9 Å². The molecular formula is C10H12F2O3. The second kappa shape index (κ2) is 4.22. The lowest BCUT2D eigenvalue weighted by atomic mass is 9.89. The maximum Gasteiger partial charge on any atom is 0.141 e. The van der Waals surface area contributed by atoms with Crippen LogP contribution >= 0.6 is 0 Å². The van der Waals surface area contributed by atoms with Crippen molar-refractivity contribution >= 4 is 0 Å². The first-order valence-electron chi connectivity index (χ1n) is 4.38. The molecule has 2 unspecified atom stereocenters. The van der Waals surface area contributed by atoms with Crippen molar-refractivity contribution in [2.45, 2.75) is 18.6 Å². The lowest BCUT2D eigenvalue weighted by Crippen LogP contribution is -2.42. The van der Waals surface area contributed by atoms with E-state index in [9.17, 15) is 19.0 Å². The van der Waals surface area contributed by atoms with E-state index in [1.165, 1.54) is 6.92 Å². The summed E-state index contributed by atoms with van der Waals surface area (Å²) < 4.78 is 25.9. The molecule has 0 spiro atoms. The molecule has 0 aromatic heterocycles. The van der Waals surface area contributed by atoms with Crippen molar-refractivity contribution in [2.24, 2.45) is 0 Å². The Morgan fingerprint density at radius 1 is 1.40 bits per heavy atom. The molecule has 1 aromatic carbocycles. The van der Waals surface area contributed by atoms with Gasteiger partial charge in [-0.1, -0.05) is 6.07 Å². The Morgan fingerprint density at radius 2 is 2.00 bits per heavy atom. The van der Waals surface area contributed by atoms with Crippen LogP contribution in [0, 0.1) is 11.6 Å². The van der Waals surface area contributed by atoms with Gasteiger partial charge in [0.05, 0.1) is 12.7 Å². The van der Waals surface area contributed by atoms with Gasteiger partial charge in [0.1, 0.15) is 17.2 Å². The van der Waals surface area contributed by atoms with Crippen LogP contribution in [-0.2, 0) is 5.60 Å². The molecule has 0 aliphatic heterocycles. The molecule has 2 atom stereocenters. The van der Waals surface area contributed by atoms with E-state index in [2.05, 4.69) is 0 Å². The van der Waals surface area contributed by atoms with Crippen LogP contribution in [-0.4, -0.2) is 28.0 Å². The smallest absolute Gasteiger partial charge is 0.141 e. The summed E-state index contributed by atoms with van der Waals surface area (Å²) in [6, 6.07) is 2.52. The molecule has 5 heteroatoms. The zero-order chi connectivity index (χ0) is 11.6. The summed E-state index contributed by atoms with van der Waals surface area (Å²) in [7, 11) is 0. The minimum atomic E-state index is -2.11. The van der Waals surface area contributed by atoms with E-state index in [-0.39, 0.29) is 5.56 Å². The maximum atomic E-state index is 13.3. The second-order valence-electron chi connectivity index (χ2n) is 3.38. The van der Waals surface area contributed by atoms with Crippen molar-refractivity contribution in [1.82, 2.24) is 0 Å². The molecule has 0 amide bonds. The average Bonchev–Trinajstić information content (AvgIpc) is 2.16. The van der Waals surface area contributed by atoms with Crippen molar-refractivity contribution in [3.63, 3.8) is 0 Å². The van der Waals surface area contributed by atoms with E-state index in [1.54, 1.807) is 0 Å². The van der Waals surface area contributed by atoms with E-state index in [0.29, 0.717) is 6.07 Å². The summed E-state index contributed by atoms with van der Waals surface area (Å²) in [5.74, 6) is -1.80. The van der Waals surface area contributed by atoms with Crippen LogP contribution in [0.15, 0.2) is 18.2 Å². The number of hydrogen-bond acceptors (Lipinski definition) is 3. The molecule has 1 aromatic rings. The molecule has 15 heavy (non-hydrogen) atoms. The van der Waals surface area contributed by atoms with Gasteiger partial charge in [-0.05, 0) is 13.0 Å². The van der Waals surface area contributed by atoms with Crippen LogP contribution in [0.2, 0.25) is 0 Å². The van der Waals surface area contributed by atoms with Crippen molar-refractivity contribution in [3.8, 4) is 0 Å². The Labute approximate surface area is 85.6 Å². The van der Waals surface area contributed by atoms with Gasteiger partial charge >= 0.3 is 0 Å². The average molecular weight is 218 g/mol. The van der Waals surface area contributed by atoms with Gasteiger partial charge < -0.3 is 15.3 Å². The Balaban J connectivity index is 3.24. The van der Waals surface area contributed by atoms with Crippen LogP contribution < -0.4 is 0 Å². The van der Waals surface area contributed by atoms with Crippen LogP contribution in [0.25, 0.3) is 0 Å². The molecule has 1 rings (SSSR count). The fourth-order valence-electron chi connectivity index (χ4n) is 1.28. The summed E-state index contributed by atoms with van der Waals surface area (Å²) in [5, 5.41) is 28.0. The quantitative estimate of drug-likeness (QED) is 0.693. The summed E-state index contributed by atoms with van der Waals surface area (Å²) in [5.41, 5.74) is -2.45. The third-order valence-corrected chi connectivity index (χ3v) is 2.33. The van der Waals surface area contributed by atoms with Crippen molar-refractivity contribution < 1.29 is 24.1 Å². The summed E-state index contributed by atoms with van der Waals surface area (Å²) >= 11 is 0. The Kier molecular flexibility index (Phi) is 3.38. The van der Waals surface area contributed by atoms with Crippen molar-refractivity contribution in [3.05, 3.63) is 35.4 Å². The van der Waals surface area contributed by atoms with Crippen LogP contribution in [0.3, 0.4) is 0 Å². The molecule has 0 aliphatic carbocycles. The standard InChI is InChI=1S/C10H12F2O3/c1-6(14)10(15,5-13)8-3-2-7(11)4-9(8)12/h2-4,6,13-15H,5H2,1H3. The van der Waals surface area contributed by atoms with Gasteiger partial charge in [0.2, 0.25) is 0 Å². The number of benzene rings is 1. The molecule has 0 fully saturated rings. The SMILES string of the molecule is CC(O)C(O)(CO)c1ccc(F)cc1F. The minimum absolute atomic E-state index is 0.332. The van der Waals surface area contributed by atoms with Crippen molar-refractivity contribution in [1.29, 1.82) is 0 Å². The van der Waals surface area contributed by atoms with Crippen LogP contribution in [0.1, 0.15) is 12.5 Å². The number of rotatable bonds is 3. The van der Waals surface area contributed by atoms with Crippen molar-refractivity contribution in [2.75, 3.05) is 6.61 Å². The van der Waals surface area contributed by atoms with E-state index in [0.717, 1.165) is 12.1 Å². The number of aliphatic hydroxyl groups is 3. The first kappa shape index (κ1) is 12.0. The zero-order valence-corrected chi connectivity index (χ0v) is 8.11. The van der Waals surface area contributed by atoms with Crippen LogP contribution in [0.5, 0.6) is 0 Å². The normalized spacial score (nSPS) is 17.2. The lowest BCUT2D eigenvalue weighted by Gasteiger charge is -2.29. The number of halogens is 2. The summed E-state index contributed by atoms with van der Waals surface area (Å²) in [6.45, 7) is 0.353. The van der Waals surface area contributed by atoms with Gasteiger partial charge in [-0.3, -0.25) is 0 Å². The van der Waals surface area contributed by atoms with Crippen LogP contribution in [0.4, 0.5) is 8.78 Å². The molecule has 0 bridgehead atoms. The molecule has 0 heterocycles. The third-order valence-electron chi connectivity index (χ3n) is 2.33. The Hall–Kier alpha value is -1.04. The predicted molar refractivity (Wildman–Crippen MR) is 49.0 cm³/mol. The molecule has 84 valence electrons. The zero-order valence-electron chi connectivity index (χ0n) is 8.11. The summed E-state index contributed by atoms with van der Waals surface area (Å²) in [4.78, 5) is 0. The molecule has 3 N–H and O–H groups in total. The topological polar surface area (TPSA) is 60.7 Å².